The molecule has 0 atom stereocenters. The first kappa shape index (κ1) is 24.6. The third kappa shape index (κ3) is 14.0. The Morgan fingerprint density at radius 3 is 1.17 bits per heavy atom. The highest BCUT2D eigenvalue weighted by Gasteiger charge is 2.12. The Morgan fingerprint density at radius 1 is 0.667 bits per heavy atom. The van der Waals surface area contributed by atoms with Gasteiger partial charge in [-0.1, -0.05) is 21.6 Å². The van der Waals surface area contributed by atoms with Crippen LogP contribution in [0.4, 0.5) is 0 Å². The zero-order valence-corrected chi connectivity index (χ0v) is 17.5. The fraction of sp³-hybridized carbons (Fsp3) is 1.00. The molecule has 0 aliphatic heterocycles. The minimum atomic E-state index is 0. The summed E-state index contributed by atoms with van der Waals surface area (Å²) < 4.78 is 2.29. The minimum Gasteiger partial charge on any atom is -1.00 e. The van der Waals surface area contributed by atoms with Gasteiger partial charge in [0, 0.05) is 0 Å². The molecule has 0 saturated carbocycles. The second kappa shape index (κ2) is 12.3. The zero-order chi connectivity index (χ0) is 12.7. The predicted octanol–water partition coefficient (Wildman–Crippen LogP) is -3.43. The monoisotopic (exact) mass is 424 g/mol. The van der Waals surface area contributed by atoms with Crippen molar-refractivity contribution in [3.05, 3.63) is 0 Å². The first-order valence-electron chi connectivity index (χ1n) is 6.21. The lowest BCUT2D eigenvalue weighted by molar-refractivity contribution is -0.886. The van der Waals surface area contributed by atoms with Crippen LogP contribution in [0.2, 0.25) is 0 Å². The maximum atomic E-state index is 2.31. The molecule has 114 valence electrons. The van der Waals surface area contributed by atoms with E-state index < -0.39 is 0 Å². The van der Waals surface area contributed by atoms with E-state index in [1.165, 1.54) is 37.7 Å². The van der Waals surface area contributed by atoms with Crippen LogP contribution >= 0.6 is 21.6 Å². The molecule has 2 nitrogen and oxygen atoms in total. The van der Waals surface area contributed by atoms with Crippen molar-refractivity contribution in [2.45, 2.75) is 13.8 Å². The Hall–Kier alpha value is 1.58. The maximum absolute atomic E-state index is 2.31. The van der Waals surface area contributed by atoms with Gasteiger partial charge in [0.25, 0.3) is 0 Å². The lowest BCUT2D eigenvalue weighted by atomic mass is 10.5. The number of hydrogen-bond acceptors (Lipinski definition) is 2. The average molecular weight is 426 g/mol. The molecule has 0 radical (unpaired) electrons. The second-order valence-corrected chi connectivity index (χ2v) is 8.30. The summed E-state index contributed by atoms with van der Waals surface area (Å²) in [7, 11) is 13.3. The van der Waals surface area contributed by atoms with Gasteiger partial charge in [-0.3, -0.25) is 0 Å². The highest BCUT2D eigenvalue weighted by molar-refractivity contribution is 8.76. The van der Waals surface area contributed by atoms with Crippen molar-refractivity contribution in [2.24, 2.45) is 0 Å². The summed E-state index contributed by atoms with van der Waals surface area (Å²) in [6.07, 6.45) is 0. The van der Waals surface area contributed by atoms with E-state index in [1.54, 1.807) is 0 Å². The van der Waals surface area contributed by atoms with Gasteiger partial charge in [-0.2, -0.15) is 0 Å². The Kier molecular flexibility index (Phi) is 16.8. The first-order chi connectivity index (χ1) is 7.33. The van der Waals surface area contributed by atoms with Crippen LogP contribution in [0, 0.1) is 0 Å². The minimum absolute atomic E-state index is 0. The van der Waals surface area contributed by atoms with Crippen LogP contribution in [-0.4, -0.2) is 74.8 Å². The smallest absolute Gasteiger partial charge is 0.0882 e. The van der Waals surface area contributed by atoms with Crippen molar-refractivity contribution in [3.8, 4) is 0 Å². The third-order valence-electron chi connectivity index (χ3n) is 3.36. The molecule has 0 N–H and O–H groups in total. The number of quaternary nitrogens is 2. The van der Waals surface area contributed by atoms with Gasteiger partial charge in [-0.15, -0.1) is 0 Å². The molecule has 0 spiro atoms. The van der Waals surface area contributed by atoms with Crippen molar-refractivity contribution in [3.63, 3.8) is 0 Å². The molecule has 0 aromatic carbocycles. The highest BCUT2D eigenvalue weighted by Crippen LogP contribution is 2.22. The van der Waals surface area contributed by atoms with E-state index in [9.17, 15) is 0 Å². The standard InChI is InChI=1S/C12H30N2S2.2BrH/c1-7-13(3,4)9-11-15-16-12-10-14(5,6)8-2;;/h7-12H2,1-6H3;2*1H/q+2;;/p-2. The molecule has 6 heteroatoms. The van der Waals surface area contributed by atoms with E-state index in [2.05, 4.69) is 42.0 Å². The van der Waals surface area contributed by atoms with Crippen LogP contribution in [0.3, 0.4) is 0 Å². The molecule has 0 aliphatic rings. The number of halogens is 2. The molecule has 0 saturated heterocycles. The molecule has 0 fully saturated rings. The lowest BCUT2D eigenvalue weighted by Crippen LogP contribution is -3.00. The van der Waals surface area contributed by atoms with Crippen molar-refractivity contribution in [1.29, 1.82) is 0 Å². The molecule has 0 aromatic heterocycles. The van der Waals surface area contributed by atoms with Crippen LogP contribution in [0.1, 0.15) is 13.8 Å². The molecule has 18 heavy (non-hydrogen) atoms. The fourth-order valence-electron chi connectivity index (χ4n) is 1.00. The Morgan fingerprint density at radius 2 is 0.944 bits per heavy atom. The van der Waals surface area contributed by atoms with Gasteiger partial charge in [0.2, 0.25) is 0 Å². The summed E-state index contributed by atoms with van der Waals surface area (Å²) in [4.78, 5) is 0. The molecular formula is C12H30Br2N2S2. The van der Waals surface area contributed by atoms with Gasteiger partial charge in [0.05, 0.1) is 65.9 Å². The second-order valence-electron chi connectivity index (χ2n) is 5.60. The number of hydrogen-bond donors (Lipinski definition) is 0. The lowest BCUT2D eigenvalue weighted by Gasteiger charge is -2.28. The number of rotatable bonds is 9. The first-order valence-corrected chi connectivity index (χ1v) is 8.70. The van der Waals surface area contributed by atoms with Crippen LogP contribution in [0.5, 0.6) is 0 Å². The zero-order valence-electron chi connectivity index (χ0n) is 12.7. The molecule has 0 aromatic rings. The van der Waals surface area contributed by atoms with Crippen molar-refractivity contribution in [2.75, 3.05) is 65.9 Å². The van der Waals surface area contributed by atoms with E-state index in [4.69, 9.17) is 0 Å². The molecule has 0 amide bonds. The summed E-state index contributed by atoms with van der Waals surface area (Å²) in [5.74, 6) is 2.54. The topological polar surface area (TPSA) is 0 Å². The van der Waals surface area contributed by atoms with Gasteiger partial charge in [-0.25, -0.2) is 0 Å². The van der Waals surface area contributed by atoms with Crippen LogP contribution in [0.15, 0.2) is 0 Å². The predicted molar refractivity (Wildman–Crippen MR) is 79.9 cm³/mol. The molecule has 0 bridgehead atoms. The molecule has 0 unspecified atom stereocenters. The molecule has 0 rings (SSSR count). The van der Waals surface area contributed by atoms with Gasteiger partial charge >= 0.3 is 0 Å². The van der Waals surface area contributed by atoms with Gasteiger partial charge in [0.15, 0.2) is 0 Å². The maximum Gasteiger partial charge on any atom is 0.0882 e. The van der Waals surface area contributed by atoms with E-state index in [0.29, 0.717) is 0 Å². The van der Waals surface area contributed by atoms with Crippen molar-refractivity contribution < 1.29 is 42.9 Å². The van der Waals surface area contributed by atoms with E-state index in [1.807, 2.05) is 21.6 Å². The van der Waals surface area contributed by atoms with Crippen LogP contribution < -0.4 is 34.0 Å². The molecule has 0 aliphatic carbocycles. The van der Waals surface area contributed by atoms with Gasteiger partial charge in [0.1, 0.15) is 0 Å². The third-order valence-corrected chi connectivity index (χ3v) is 5.72. The Labute approximate surface area is 143 Å². The Balaban J connectivity index is -0.00000112. The normalized spacial score (nSPS) is 11.7. The van der Waals surface area contributed by atoms with E-state index >= 15 is 0 Å². The van der Waals surface area contributed by atoms with Crippen molar-refractivity contribution >= 4 is 21.6 Å². The Bertz CT molecular complexity index is 171. The number of nitrogens with zero attached hydrogens (tertiary/aromatic N) is 2. The summed E-state index contributed by atoms with van der Waals surface area (Å²) >= 11 is 0. The summed E-state index contributed by atoms with van der Waals surface area (Å²) in [6.45, 7) is 9.54. The van der Waals surface area contributed by atoms with E-state index in [-0.39, 0.29) is 34.0 Å². The van der Waals surface area contributed by atoms with E-state index in [0.717, 1.165) is 8.97 Å². The quantitative estimate of drug-likeness (QED) is 0.214. The largest absolute Gasteiger partial charge is 1.00 e. The highest BCUT2D eigenvalue weighted by atomic mass is 79.9. The van der Waals surface area contributed by atoms with Gasteiger partial charge < -0.3 is 42.9 Å². The average Bonchev–Trinajstić information content (AvgIpc) is 2.23. The van der Waals surface area contributed by atoms with Crippen LogP contribution in [0.25, 0.3) is 0 Å². The summed E-state index contributed by atoms with van der Waals surface area (Å²) in [6, 6.07) is 0. The van der Waals surface area contributed by atoms with Crippen molar-refractivity contribution in [1.82, 2.24) is 0 Å². The molecular weight excluding hydrogens is 396 g/mol. The molecule has 0 heterocycles. The summed E-state index contributed by atoms with van der Waals surface area (Å²) in [5.41, 5.74) is 0. The SMILES string of the molecule is CC[N+](C)(C)CCSSCC[N+](C)(C)CC.[Br-].[Br-]. The van der Waals surface area contributed by atoms with Gasteiger partial charge in [-0.05, 0) is 13.8 Å². The fourth-order valence-corrected chi connectivity index (χ4v) is 3.53. The summed E-state index contributed by atoms with van der Waals surface area (Å²) in [5, 5.41) is 0. The van der Waals surface area contributed by atoms with Crippen LogP contribution in [-0.2, 0) is 0 Å².